The molecule has 1 heterocycles. The van der Waals surface area contributed by atoms with Gasteiger partial charge >= 0.3 is 0 Å². The minimum atomic E-state index is -0.201. The fourth-order valence-corrected chi connectivity index (χ4v) is 2.59. The first-order valence-corrected chi connectivity index (χ1v) is 7.40. The van der Waals surface area contributed by atoms with Gasteiger partial charge in [-0.05, 0) is 30.0 Å². The molecule has 1 aliphatic heterocycles. The molecular weight excluding hydrogens is 262 g/mol. The fraction of sp³-hybridized carbons (Fsp3) is 0.333. The quantitative estimate of drug-likeness (QED) is 0.936. The molecule has 3 rings (SSSR count). The summed E-state index contributed by atoms with van der Waals surface area (Å²) in [5, 5.41) is 0. The van der Waals surface area contributed by atoms with E-state index in [9.17, 15) is 0 Å². The summed E-state index contributed by atoms with van der Waals surface area (Å²) in [5.41, 5.74) is 10.6. The van der Waals surface area contributed by atoms with Crippen LogP contribution < -0.4 is 5.73 Å². The van der Waals surface area contributed by atoms with E-state index in [4.69, 9.17) is 15.2 Å². The minimum Gasteiger partial charge on any atom is -0.346 e. The van der Waals surface area contributed by atoms with Crippen molar-refractivity contribution >= 4 is 0 Å². The molecule has 0 amide bonds. The van der Waals surface area contributed by atoms with E-state index >= 15 is 0 Å². The van der Waals surface area contributed by atoms with Gasteiger partial charge in [0.25, 0.3) is 0 Å². The lowest BCUT2D eigenvalue weighted by molar-refractivity contribution is -0.0441. The molecule has 1 fully saturated rings. The summed E-state index contributed by atoms with van der Waals surface area (Å²) in [6.45, 7) is 3.38. The standard InChI is InChI=1S/C18H21NO2/c1-13(19)12-14-2-4-15(5-3-14)16-6-8-17(9-7-16)18-20-10-11-21-18/h2-9,13,18H,10-12,19H2,1H3. The number of hydrogen-bond acceptors (Lipinski definition) is 3. The molecule has 0 radical (unpaired) electrons. The predicted molar refractivity (Wildman–Crippen MR) is 83.9 cm³/mol. The summed E-state index contributed by atoms with van der Waals surface area (Å²) >= 11 is 0. The average Bonchev–Trinajstić information content (AvgIpc) is 3.02. The van der Waals surface area contributed by atoms with Crippen LogP contribution in [0.1, 0.15) is 24.3 Å². The maximum absolute atomic E-state index is 5.83. The van der Waals surface area contributed by atoms with Crippen LogP contribution in [0.2, 0.25) is 0 Å². The highest BCUT2D eigenvalue weighted by atomic mass is 16.7. The van der Waals surface area contributed by atoms with E-state index in [0.29, 0.717) is 13.2 Å². The normalized spacial score (nSPS) is 17.0. The third kappa shape index (κ3) is 3.50. The Morgan fingerprint density at radius 1 is 0.952 bits per heavy atom. The Bertz CT molecular complexity index is 569. The van der Waals surface area contributed by atoms with Gasteiger partial charge in [0.2, 0.25) is 0 Å². The summed E-state index contributed by atoms with van der Waals surface area (Å²) in [6.07, 6.45) is 0.711. The van der Waals surface area contributed by atoms with Crippen LogP contribution in [0, 0.1) is 0 Å². The molecular formula is C18H21NO2. The molecule has 1 atom stereocenters. The zero-order valence-corrected chi connectivity index (χ0v) is 12.3. The van der Waals surface area contributed by atoms with Gasteiger partial charge in [-0.1, -0.05) is 48.5 Å². The first-order chi connectivity index (χ1) is 10.2. The summed E-state index contributed by atoms with van der Waals surface area (Å²) in [6, 6.07) is 17.2. The summed E-state index contributed by atoms with van der Waals surface area (Å²) < 4.78 is 11.0. The van der Waals surface area contributed by atoms with Crippen molar-refractivity contribution in [3.63, 3.8) is 0 Å². The van der Waals surface area contributed by atoms with Gasteiger partial charge in [0.15, 0.2) is 6.29 Å². The highest BCUT2D eigenvalue weighted by Crippen LogP contribution is 2.26. The van der Waals surface area contributed by atoms with Crippen LogP contribution in [-0.2, 0) is 15.9 Å². The summed E-state index contributed by atoms with van der Waals surface area (Å²) in [5.74, 6) is 0. The molecule has 1 aliphatic rings. The van der Waals surface area contributed by atoms with Crippen molar-refractivity contribution in [1.29, 1.82) is 0 Å². The van der Waals surface area contributed by atoms with Crippen LogP contribution >= 0.6 is 0 Å². The van der Waals surface area contributed by atoms with Crippen molar-refractivity contribution in [3.05, 3.63) is 59.7 Å². The Hall–Kier alpha value is -1.68. The Labute approximate surface area is 125 Å². The Morgan fingerprint density at radius 2 is 1.48 bits per heavy atom. The molecule has 0 spiro atoms. The van der Waals surface area contributed by atoms with Gasteiger partial charge in [-0.2, -0.15) is 0 Å². The van der Waals surface area contributed by atoms with Crippen LogP contribution in [0.5, 0.6) is 0 Å². The van der Waals surface area contributed by atoms with Gasteiger partial charge in [-0.15, -0.1) is 0 Å². The van der Waals surface area contributed by atoms with Crippen molar-refractivity contribution in [2.75, 3.05) is 13.2 Å². The van der Waals surface area contributed by atoms with E-state index in [1.807, 2.05) is 6.92 Å². The molecule has 0 aromatic heterocycles. The van der Waals surface area contributed by atoms with E-state index in [1.165, 1.54) is 16.7 Å². The molecule has 3 heteroatoms. The van der Waals surface area contributed by atoms with Gasteiger partial charge in [0.1, 0.15) is 0 Å². The number of benzene rings is 2. The van der Waals surface area contributed by atoms with Crippen molar-refractivity contribution < 1.29 is 9.47 Å². The lowest BCUT2D eigenvalue weighted by Crippen LogP contribution is -2.17. The Kier molecular flexibility index (Phi) is 4.34. The molecule has 3 nitrogen and oxygen atoms in total. The van der Waals surface area contributed by atoms with Gasteiger partial charge in [0.05, 0.1) is 13.2 Å². The average molecular weight is 283 g/mol. The first-order valence-electron chi connectivity index (χ1n) is 7.40. The van der Waals surface area contributed by atoms with E-state index in [2.05, 4.69) is 48.5 Å². The van der Waals surface area contributed by atoms with Crippen molar-refractivity contribution in [2.45, 2.75) is 25.7 Å². The third-order valence-electron chi connectivity index (χ3n) is 3.65. The molecule has 0 aliphatic carbocycles. The van der Waals surface area contributed by atoms with E-state index in [0.717, 1.165) is 12.0 Å². The molecule has 21 heavy (non-hydrogen) atoms. The van der Waals surface area contributed by atoms with E-state index in [1.54, 1.807) is 0 Å². The van der Waals surface area contributed by atoms with Gasteiger partial charge in [-0.25, -0.2) is 0 Å². The number of rotatable bonds is 4. The molecule has 1 unspecified atom stereocenters. The van der Waals surface area contributed by atoms with Crippen LogP contribution in [0.15, 0.2) is 48.5 Å². The topological polar surface area (TPSA) is 44.5 Å². The number of hydrogen-bond donors (Lipinski definition) is 1. The molecule has 0 saturated carbocycles. The monoisotopic (exact) mass is 283 g/mol. The lowest BCUT2D eigenvalue weighted by atomic mass is 10.0. The number of ether oxygens (including phenoxy) is 2. The zero-order valence-electron chi connectivity index (χ0n) is 12.3. The molecule has 0 bridgehead atoms. The molecule has 110 valence electrons. The smallest absolute Gasteiger partial charge is 0.184 e. The highest BCUT2D eigenvalue weighted by Gasteiger charge is 2.17. The maximum Gasteiger partial charge on any atom is 0.184 e. The summed E-state index contributed by atoms with van der Waals surface area (Å²) in [4.78, 5) is 0. The lowest BCUT2D eigenvalue weighted by Gasteiger charge is -2.10. The van der Waals surface area contributed by atoms with Crippen LogP contribution in [0.3, 0.4) is 0 Å². The Balaban J connectivity index is 1.74. The van der Waals surface area contributed by atoms with Gasteiger partial charge < -0.3 is 15.2 Å². The van der Waals surface area contributed by atoms with Gasteiger partial charge in [0, 0.05) is 11.6 Å². The molecule has 2 aromatic rings. The summed E-state index contributed by atoms with van der Waals surface area (Å²) in [7, 11) is 0. The second kappa shape index (κ2) is 6.39. The maximum atomic E-state index is 5.83. The number of nitrogens with two attached hydrogens (primary N) is 1. The highest BCUT2D eigenvalue weighted by molar-refractivity contribution is 5.64. The largest absolute Gasteiger partial charge is 0.346 e. The zero-order chi connectivity index (χ0) is 14.7. The Morgan fingerprint density at radius 3 is 2.00 bits per heavy atom. The van der Waals surface area contributed by atoms with Crippen LogP contribution in [0.4, 0.5) is 0 Å². The van der Waals surface area contributed by atoms with Gasteiger partial charge in [-0.3, -0.25) is 0 Å². The SMILES string of the molecule is CC(N)Cc1ccc(-c2ccc(C3OCCO3)cc2)cc1. The third-order valence-corrected chi connectivity index (χ3v) is 3.65. The minimum absolute atomic E-state index is 0.196. The fourth-order valence-electron chi connectivity index (χ4n) is 2.59. The van der Waals surface area contributed by atoms with Crippen molar-refractivity contribution in [2.24, 2.45) is 5.73 Å². The van der Waals surface area contributed by atoms with E-state index < -0.39 is 0 Å². The molecule has 2 N–H and O–H groups in total. The predicted octanol–water partition coefficient (Wildman–Crippen LogP) is 3.29. The second-order valence-corrected chi connectivity index (χ2v) is 5.57. The van der Waals surface area contributed by atoms with Crippen LogP contribution in [0.25, 0.3) is 11.1 Å². The molecule has 1 saturated heterocycles. The van der Waals surface area contributed by atoms with E-state index in [-0.39, 0.29) is 12.3 Å². The van der Waals surface area contributed by atoms with Crippen molar-refractivity contribution in [1.82, 2.24) is 0 Å². The first kappa shape index (κ1) is 14.3. The molecule has 2 aromatic carbocycles. The van der Waals surface area contributed by atoms with Crippen LogP contribution in [-0.4, -0.2) is 19.3 Å². The van der Waals surface area contributed by atoms with Crippen molar-refractivity contribution in [3.8, 4) is 11.1 Å². The second-order valence-electron chi connectivity index (χ2n) is 5.57.